The van der Waals surface area contributed by atoms with Gasteiger partial charge in [0, 0.05) is 18.8 Å². The molecule has 0 amide bonds. The summed E-state index contributed by atoms with van der Waals surface area (Å²) in [6.45, 7) is 0. The van der Waals surface area contributed by atoms with Crippen molar-refractivity contribution in [2.75, 3.05) is 0 Å². The van der Waals surface area contributed by atoms with Crippen molar-refractivity contribution in [2.24, 2.45) is 7.05 Å². The Morgan fingerprint density at radius 1 is 1.45 bits per heavy atom. The van der Waals surface area contributed by atoms with Crippen molar-refractivity contribution in [3.63, 3.8) is 0 Å². The number of para-hydroxylation sites is 2. The van der Waals surface area contributed by atoms with Gasteiger partial charge in [-0.1, -0.05) is 12.1 Å². The SMILES string of the molecule is Cn1cc(/C=C/C(=O)[C@H](C#N)c2nc3ccccc3o2)cn1. The molecule has 108 valence electrons. The topological polar surface area (TPSA) is 84.7 Å². The molecule has 1 aromatic carbocycles. The number of nitrogens with zero attached hydrogens (tertiary/aromatic N) is 4. The Morgan fingerprint density at radius 3 is 2.95 bits per heavy atom. The third-order valence-corrected chi connectivity index (χ3v) is 3.14. The molecule has 0 N–H and O–H groups in total. The van der Waals surface area contributed by atoms with Gasteiger partial charge in [-0.05, 0) is 24.3 Å². The first kappa shape index (κ1) is 13.8. The summed E-state index contributed by atoms with van der Waals surface area (Å²) >= 11 is 0. The highest BCUT2D eigenvalue weighted by Crippen LogP contribution is 2.22. The fraction of sp³-hybridized carbons (Fsp3) is 0.125. The zero-order valence-electron chi connectivity index (χ0n) is 11.8. The van der Waals surface area contributed by atoms with E-state index in [4.69, 9.17) is 4.42 Å². The van der Waals surface area contributed by atoms with Crippen LogP contribution in [0.3, 0.4) is 0 Å². The van der Waals surface area contributed by atoms with Gasteiger partial charge >= 0.3 is 0 Å². The first-order valence-corrected chi connectivity index (χ1v) is 6.63. The van der Waals surface area contributed by atoms with Gasteiger partial charge in [-0.15, -0.1) is 0 Å². The van der Waals surface area contributed by atoms with Crippen molar-refractivity contribution in [1.29, 1.82) is 5.26 Å². The van der Waals surface area contributed by atoms with Crippen molar-refractivity contribution in [3.8, 4) is 6.07 Å². The highest BCUT2D eigenvalue weighted by atomic mass is 16.3. The first-order valence-electron chi connectivity index (χ1n) is 6.63. The van der Waals surface area contributed by atoms with E-state index >= 15 is 0 Å². The van der Waals surface area contributed by atoms with Crippen LogP contribution in [0, 0.1) is 11.3 Å². The molecule has 0 unspecified atom stereocenters. The summed E-state index contributed by atoms with van der Waals surface area (Å²) in [6, 6.07) is 9.09. The maximum absolute atomic E-state index is 12.2. The van der Waals surface area contributed by atoms with E-state index in [1.165, 1.54) is 6.08 Å². The van der Waals surface area contributed by atoms with E-state index in [0.717, 1.165) is 5.56 Å². The second-order valence-corrected chi connectivity index (χ2v) is 4.76. The summed E-state index contributed by atoms with van der Waals surface area (Å²) < 4.78 is 7.13. The number of rotatable bonds is 4. The Morgan fingerprint density at radius 2 is 2.27 bits per heavy atom. The van der Waals surface area contributed by atoms with E-state index in [1.807, 2.05) is 18.2 Å². The van der Waals surface area contributed by atoms with Crippen LogP contribution in [-0.4, -0.2) is 20.5 Å². The van der Waals surface area contributed by atoms with Crippen LogP contribution in [0.5, 0.6) is 0 Å². The molecule has 0 aliphatic heterocycles. The second kappa shape index (κ2) is 5.66. The number of ketones is 1. The Kier molecular flexibility index (Phi) is 3.54. The number of fused-ring (bicyclic) bond motifs is 1. The van der Waals surface area contributed by atoms with E-state index in [0.29, 0.717) is 11.1 Å². The third kappa shape index (κ3) is 2.65. The van der Waals surface area contributed by atoms with Gasteiger partial charge in [-0.3, -0.25) is 9.48 Å². The van der Waals surface area contributed by atoms with Gasteiger partial charge < -0.3 is 4.42 Å². The summed E-state index contributed by atoms with van der Waals surface area (Å²) in [5.74, 6) is -1.32. The quantitative estimate of drug-likeness (QED) is 0.689. The molecule has 2 aromatic heterocycles. The number of benzene rings is 1. The standard InChI is InChI=1S/C16H12N4O2/c1-20-10-11(9-18-20)6-7-14(21)12(8-17)16-19-13-4-2-3-5-15(13)22-16/h2-7,9-10,12H,1H3/b7-6+/t12-/m0/s1. The van der Waals surface area contributed by atoms with E-state index in [9.17, 15) is 10.1 Å². The molecule has 6 heteroatoms. The molecule has 0 radical (unpaired) electrons. The van der Waals surface area contributed by atoms with Crippen LogP contribution in [0.25, 0.3) is 17.2 Å². The van der Waals surface area contributed by atoms with Crippen molar-refractivity contribution >= 4 is 23.0 Å². The average molecular weight is 292 g/mol. The Hall–Kier alpha value is -3.20. The minimum atomic E-state index is -1.06. The zero-order chi connectivity index (χ0) is 15.5. The minimum absolute atomic E-state index is 0.115. The molecule has 3 aromatic rings. The monoisotopic (exact) mass is 292 g/mol. The lowest BCUT2D eigenvalue weighted by molar-refractivity contribution is -0.115. The summed E-state index contributed by atoms with van der Waals surface area (Å²) in [7, 11) is 1.79. The summed E-state index contributed by atoms with van der Waals surface area (Å²) in [6.07, 6.45) is 6.36. The fourth-order valence-electron chi connectivity index (χ4n) is 2.05. The van der Waals surface area contributed by atoms with E-state index in [-0.39, 0.29) is 11.7 Å². The molecular formula is C16H12N4O2. The smallest absolute Gasteiger partial charge is 0.220 e. The van der Waals surface area contributed by atoms with Crippen molar-refractivity contribution in [3.05, 3.63) is 54.2 Å². The highest BCUT2D eigenvalue weighted by molar-refractivity contribution is 6.00. The van der Waals surface area contributed by atoms with Gasteiger partial charge in [0.25, 0.3) is 0 Å². The number of carbonyl (C=O) groups excluding carboxylic acids is 1. The Bertz CT molecular complexity index is 865. The number of hydrogen-bond acceptors (Lipinski definition) is 5. The van der Waals surface area contributed by atoms with Crippen LogP contribution in [0.4, 0.5) is 0 Å². The van der Waals surface area contributed by atoms with Crippen molar-refractivity contribution < 1.29 is 9.21 Å². The molecule has 22 heavy (non-hydrogen) atoms. The van der Waals surface area contributed by atoms with Crippen LogP contribution in [0.1, 0.15) is 17.4 Å². The van der Waals surface area contributed by atoms with E-state index in [2.05, 4.69) is 10.1 Å². The second-order valence-electron chi connectivity index (χ2n) is 4.76. The molecule has 1 atom stereocenters. The number of aryl methyl sites for hydroxylation is 1. The van der Waals surface area contributed by atoms with Crippen LogP contribution in [-0.2, 0) is 11.8 Å². The number of allylic oxidation sites excluding steroid dienone is 1. The summed E-state index contributed by atoms with van der Waals surface area (Å²) in [4.78, 5) is 16.4. The molecule has 0 bridgehead atoms. The molecule has 2 heterocycles. The lowest BCUT2D eigenvalue weighted by Gasteiger charge is -1.98. The summed E-state index contributed by atoms with van der Waals surface area (Å²) in [5, 5.41) is 13.3. The largest absolute Gasteiger partial charge is 0.439 e. The third-order valence-electron chi connectivity index (χ3n) is 3.14. The number of aromatic nitrogens is 3. The fourth-order valence-corrected chi connectivity index (χ4v) is 2.05. The number of oxazole rings is 1. The van der Waals surface area contributed by atoms with Crippen molar-refractivity contribution in [1.82, 2.24) is 14.8 Å². The molecule has 0 saturated carbocycles. The van der Waals surface area contributed by atoms with E-state index in [1.54, 1.807) is 42.3 Å². The molecule has 0 fully saturated rings. The maximum Gasteiger partial charge on any atom is 0.220 e. The molecule has 0 spiro atoms. The molecule has 6 nitrogen and oxygen atoms in total. The van der Waals surface area contributed by atoms with E-state index < -0.39 is 5.92 Å². The average Bonchev–Trinajstić information content (AvgIpc) is 3.11. The predicted molar refractivity (Wildman–Crippen MR) is 79.6 cm³/mol. The van der Waals surface area contributed by atoms with Gasteiger partial charge in [-0.2, -0.15) is 10.4 Å². The van der Waals surface area contributed by atoms with Crippen LogP contribution < -0.4 is 0 Å². The van der Waals surface area contributed by atoms with Gasteiger partial charge in [-0.25, -0.2) is 4.98 Å². The normalized spacial score (nSPS) is 12.5. The van der Waals surface area contributed by atoms with Gasteiger partial charge in [0.2, 0.25) is 5.89 Å². The molecule has 0 aliphatic rings. The molecule has 0 saturated heterocycles. The highest BCUT2D eigenvalue weighted by Gasteiger charge is 2.23. The van der Waals surface area contributed by atoms with Crippen LogP contribution >= 0.6 is 0 Å². The molecule has 0 aliphatic carbocycles. The number of hydrogen-bond donors (Lipinski definition) is 0. The van der Waals surface area contributed by atoms with Crippen molar-refractivity contribution in [2.45, 2.75) is 5.92 Å². The zero-order valence-corrected chi connectivity index (χ0v) is 11.8. The summed E-state index contributed by atoms with van der Waals surface area (Å²) in [5.41, 5.74) is 1.97. The van der Waals surface area contributed by atoms with Crippen LogP contribution in [0.2, 0.25) is 0 Å². The Labute approximate surface area is 126 Å². The first-order chi connectivity index (χ1) is 10.7. The lowest BCUT2D eigenvalue weighted by atomic mass is 10.1. The van der Waals surface area contributed by atoms with Gasteiger partial charge in [0.15, 0.2) is 17.3 Å². The molecular weight excluding hydrogens is 280 g/mol. The lowest BCUT2D eigenvalue weighted by Crippen LogP contribution is -2.08. The Balaban J connectivity index is 1.85. The number of carbonyl (C=O) groups is 1. The maximum atomic E-state index is 12.2. The molecule has 3 rings (SSSR count). The predicted octanol–water partition coefficient (Wildman–Crippen LogP) is 2.45. The van der Waals surface area contributed by atoms with Gasteiger partial charge in [0.05, 0.1) is 12.3 Å². The number of nitriles is 1. The van der Waals surface area contributed by atoms with Gasteiger partial charge in [0.1, 0.15) is 5.52 Å². The van der Waals surface area contributed by atoms with Crippen LogP contribution in [0.15, 0.2) is 47.2 Å². The minimum Gasteiger partial charge on any atom is -0.439 e.